The Morgan fingerprint density at radius 3 is 2.63 bits per heavy atom. The van der Waals surface area contributed by atoms with Gasteiger partial charge in [0.15, 0.2) is 5.82 Å². The number of fused-ring (bicyclic) bond motifs is 1. The van der Waals surface area contributed by atoms with Crippen LogP contribution < -0.4 is 16.3 Å². The molecule has 0 amide bonds. The first-order valence-electron chi connectivity index (χ1n) is 5.86. The van der Waals surface area contributed by atoms with Crippen LogP contribution in [-0.4, -0.2) is 16.8 Å². The Labute approximate surface area is 110 Å². The fraction of sp³-hybridized carbons (Fsp3) is 0.0714. The third-order valence-corrected chi connectivity index (χ3v) is 3.18. The lowest BCUT2D eigenvalue weighted by Gasteiger charge is -2.11. The van der Waals surface area contributed by atoms with Crippen molar-refractivity contribution in [1.29, 1.82) is 0 Å². The summed E-state index contributed by atoms with van der Waals surface area (Å²) in [7, 11) is 1.63. The maximum atomic E-state index is 5.97. The van der Waals surface area contributed by atoms with E-state index in [1.165, 1.54) is 11.0 Å². The highest BCUT2D eigenvalue weighted by molar-refractivity contribution is 6.00. The van der Waals surface area contributed by atoms with Gasteiger partial charge in [0.25, 0.3) is 0 Å². The molecule has 3 aromatic rings. The van der Waals surface area contributed by atoms with Gasteiger partial charge in [0.05, 0.1) is 12.7 Å². The van der Waals surface area contributed by atoms with Crippen molar-refractivity contribution in [3.8, 4) is 17.0 Å². The summed E-state index contributed by atoms with van der Waals surface area (Å²) in [6, 6.07) is 11.9. The molecule has 0 aliphatic heterocycles. The highest BCUT2D eigenvalue weighted by Gasteiger charge is 2.16. The van der Waals surface area contributed by atoms with Crippen molar-refractivity contribution >= 4 is 16.6 Å². The van der Waals surface area contributed by atoms with Gasteiger partial charge in [0, 0.05) is 0 Å². The number of benzene rings is 2. The smallest absolute Gasteiger partial charge is 0.150 e. The monoisotopic (exact) mass is 254 g/mol. The molecule has 3 rings (SSSR count). The van der Waals surface area contributed by atoms with Crippen LogP contribution in [0.4, 0.5) is 5.82 Å². The number of hydrogen-bond acceptors (Lipinski definition) is 4. The fourth-order valence-electron chi connectivity index (χ4n) is 2.23. The molecule has 5 nitrogen and oxygen atoms in total. The second-order valence-corrected chi connectivity index (χ2v) is 4.25. The average molecular weight is 254 g/mol. The third kappa shape index (κ3) is 1.67. The van der Waals surface area contributed by atoms with Gasteiger partial charge < -0.3 is 16.3 Å². The van der Waals surface area contributed by atoms with Crippen LogP contribution in [0.1, 0.15) is 0 Å². The first-order valence-corrected chi connectivity index (χ1v) is 5.86. The zero-order valence-corrected chi connectivity index (χ0v) is 10.5. The Balaban J connectivity index is 2.40. The van der Waals surface area contributed by atoms with E-state index in [4.69, 9.17) is 16.3 Å². The van der Waals surface area contributed by atoms with E-state index in [1.54, 1.807) is 7.11 Å². The van der Waals surface area contributed by atoms with Gasteiger partial charge in [0.2, 0.25) is 0 Å². The predicted molar refractivity (Wildman–Crippen MR) is 76.3 cm³/mol. The van der Waals surface area contributed by atoms with Crippen molar-refractivity contribution < 1.29 is 4.74 Å². The summed E-state index contributed by atoms with van der Waals surface area (Å²) in [5.74, 6) is 6.84. The molecule has 1 aromatic heterocycles. The number of nitrogens with zero attached hydrogens (tertiary/aromatic N) is 2. The van der Waals surface area contributed by atoms with E-state index in [9.17, 15) is 0 Å². The summed E-state index contributed by atoms with van der Waals surface area (Å²) < 4.78 is 6.73. The minimum absolute atomic E-state index is 0.412. The lowest BCUT2D eigenvalue weighted by atomic mass is 10.0. The highest BCUT2D eigenvalue weighted by atomic mass is 16.5. The topological polar surface area (TPSA) is 79.1 Å². The Hall–Kier alpha value is -2.69. The molecule has 0 atom stereocenters. The number of imidazole rings is 1. The molecule has 0 spiro atoms. The largest absolute Gasteiger partial charge is 0.496 e. The molecule has 0 bridgehead atoms. The molecule has 96 valence electrons. The molecule has 0 aliphatic rings. The number of nitrogens with two attached hydrogens (primary N) is 2. The zero-order valence-electron chi connectivity index (χ0n) is 10.5. The molecule has 0 saturated heterocycles. The fourth-order valence-corrected chi connectivity index (χ4v) is 2.23. The number of ether oxygens (including phenoxy) is 1. The highest BCUT2D eigenvalue weighted by Crippen LogP contribution is 2.38. The molecule has 2 aromatic carbocycles. The van der Waals surface area contributed by atoms with Crippen LogP contribution in [0.5, 0.6) is 5.75 Å². The number of methoxy groups -OCH3 is 1. The number of rotatable bonds is 2. The van der Waals surface area contributed by atoms with E-state index in [0.717, 1.165) is 22.1 Å². The summed E-state index contributed by atoms with van der Waals surface area (Å²) in [5.41, 5.74) is 7.47. The molecule has 0 fully saturated rings. The summed E-state index contributed by atoms with van der Waals surface area (Å²) in [5, 5.41) is 2.14. The molecular formula is C14H14N4O. The number of nitrogen functional groups attached to an aromatic ring is 2. The third-order valence-electron chi connectivity index (χ3n) is 3.18. The normalized spacial score (nSPS) is 10.8. The van der Waals surface area contributed by atoms with Crippen molar-refractivity contribution in [3.63, 3.8) is 0 Å². The Morgan fingerprint density at radius 1 is 1.16 bits per heavy atom. The van der Waals surface area contributed by atoms with E-state index in [2.05, 4.69) is 4.98 Å². The molecule has 0 radical (unpaired) electrons. The summed E-state index contributed by atoms with van der Waals surface area (Å²) in [6.07, 6.45) is 1.49. The van der Waals surface area contributed by atoms with Crippen molar-refractivity contribution in [3.05, 3.63) is 42.7 Å². The summed E-state index contributed by atoms with van der Waals surface area (Å²) >= 11 is 0. The molecule has 1 heterocycles. The average Bonchev–Trinajstić information content (AvgIpc) is 2.77. The molecule has 19 heavy (non-hydrogen) atoms. The van der Waals surface area contributed by atoms with Crippen molar-refractivity contribution in [2.24, 2.45) is 0 Å². The number of hydrogen-bond donors (Lipinski definition) is 2. The minimum atomic E-state index is 0.412. The first kappa shape index (κ1) is 11.4. The number of anilines is 1. The van der Waals surface area contributed by atoms with E-state index < -0.39 is 0 Å². The van der Waals surface area contributed by atoms with Crippen molar-refractivity contribution in [2.75, 3.05) is 18.7 Å². The van der Waals surface area contributed by atoms with E-state index in [1.807, 2.05) is 36.4 Å². The van der Waals surface area contributed by atoms with E-state index in [0.29, 0.717) is 11.5 Å². The van der Waals surface area contributed by atoms with Crippen molar-refractivity contribution in [1.82, 2.24) is 9.66 Å². The molecule has 0 aliphatic carbocycles. The van der Waals surface area contributed by atoms with E-state index >= 15 is 0 Å². The summed E-state index contributed by atoms with van der Waals surface area (Å²) in [4.78, 5) is 4.28. The first-order chi connectivity index (χ1) is 9.22. The van der Waals surface area contributed by atoms with Gasteiger partial charge in [-0.1, -0.05) is 30.3 Å². The van der Waals surface area contributed by atoms with Crippen LogP contribution in [-0.2, 0) is 0 Å². The van der Waals surface area contributed by atoms with Gasteiger partial charge in [-0.2, -0.15) is 0 Å². The van der Waals surface area contributed by atoms with E-state index in [-0.39, 0.29) is 0 Å². The van der Waals surface area contributed by atoms with Gasteiger partial charge in [-0.05, 0) is 16.8 Å². The van der Waals surface area contributed by atoms with Gasteiger partial charge in [0.1, 0.15) is 17.8 Å². The van der Waals surface area contributed by atoms with Crippen LogP contribution in [0.25, 0.3) is 22.0 Å². The van der Waals surface area contributed by atoms with Crippen molar-refractivity contribution in [2.45, 2.75) is 0 Å². The van der Waals surface area contributed by atoms with Crippen LogP contribution in [0.2, 0.25) is 0 Å². The van der Waals surface area contributed by atoms with Crippen LogP contribution in [0.3, 0.4) is 0 Å². The molecule has 0 saturated carbocycles. The second kappa shape index (κ2) is 4.20. The second-order valence-electron chi connectivity index (χ2n) is 4.25. The minimum Gasteiger partial charge on any atom is -0.496 e. The molecule has 5 heteroatoms. The van der Waals surface area contributed by atoms with Gasteiger partial charge >= 0.3 is 0 Å². The Bertz CT molecular complexity index is 748. The molecule has 0 unspecified atom stereocenters. The van der Waals surface area contributed by atoms with Gasteiger partial charge in [-0.3, -0.25) is 0 Å². The maximum Gasteiger partial charge on any atom is 0.150 e. The maximum absolute atomic E-state index is 5.97. The standard InChI is InChI=1S/C14H14N4O/c1-19-11-7-6-9-4-2-3-5-10(9)12(11)13-14(15)18(16)8-17-13/h2-8H,15-16H2,1H3. The SMILES string of the molecule is COc1ccc2ccccc2c1-c1ncn(N)c1N. The predicted octanol–water partition coefficient (Wildman–Crippen LogP) is 2.01. The van der Waals surface area contributed by atoms with Crippen LogP contribution >= 0.6 is 0 Å². The quantitative estimate of drug-likeness (QED) is 0.686. The van der Waals surface area contributed by atoms with Gasteiger partial charge in [-0.25, -0.2) is 9.66 Å². The molecular weight excluding hydrogens is 240 g/mol. The molecule has 4 N–H and O–H groups in total. The van der Waals surface area contributed by atoms with Gasteiger partial charge in [-0.15, -0.1) is 0 Å². The number of aromatic nitrogens is 2. The lowest BCUT2D eigenvalue weighted by molar-refractivity contribution is 0.417. The van der Waals surface area contributed by atoms with Crippen LogP contribution in [0, 0.1) is 0 Å². The lowest BCUT2D eigenvalue weighted by Crippen LogP contribution is -2.10. The summed E-state index contributed by atoms with van der Waals surface area (Å²) in [6.45, 7) is 0. The Kier molecular flexibility index (Phi) is 2.52. The zero-order chi connectivity index (χ0) is 13.4. The van der Waals surface area contributed by atoms with Crippen LogP contribution in [0.15, 0.2) is 42.7 Å². The Morgan fingerprint density at radius 2 is 1.95 bits per heavy atom.